The molecule has 0 atom stereocenters. The van der Waals surface area contributed by atoms with Crippen LogP contribution in [0.25, 0.3) is 0 Å². The maximum absolute atomic E-state index is 12.4. The van der Waals surface area contributed by atoms with E-state index in [1.54, 1.807) is 11.3 Å². The van der Waals surface area contributed by atoms with Gasteiger partial charge in [-0.05, 0) is 36.4 Å². The van der Waals surface area contributed by atoms with Crippen molar-refractivity contribution in [3.63, 3.8) is 0 Å². The summed E-state index contributed by atoms with van der Waals surface area (Å²) in [4.78, 5) is 21.2. The van der Waals surface area contributed by atoms with Crippen LogP contribution in [0.3, 0.4) is 0 Å². The number of para-hydroxylation sites is 1. The fourth-order valence-electron chi connectivity index (χ4n) is 3.10. The Labute approximate surface area is 168 Å². The van der Waals surface area contributed by atoms with Crippen molar-refractivity contribution < 1.29 is 9.53 Å². The summed E-state index contributed by atoms with van der Waals surface area (Å²) in [5.74, 6) is 1.53. The number of benzene rings is 2. The summed E-state index contributed by atoms with van der Waals surface area (Å²) >= 11 is 1.65. The third-order valence-corrected chi connectivity index (χ3v) is 5.38. The molecule has 7 heteroatoms. The lowest BCUT2D eigenvalue weighted by Gasteiger charge is -2.34. The molecule has 0 bridgehead atoms. The van der Waals surface area contributed by atoms with Crippen molar-refractivity contribution in [1.82, 2.24) is 9.88 Å². The monoisotopic (exact) mass is 394 g/mol. The molecular weight excluding hydrogens is 372 g/mol. The zero-order valence-corrected chi connectivity index (χ0v) is 16.3. The molecule has 2 aromatic carbocycles. The van der Waals surface area contributed by atoms with E-state index in [0.717, 1.165) is 48.5 Å². The molecule has 144 valence electrons. The molecule has 0 radical (unpaired) electrons. The molecule has 1 aliphatic heterocycles. The molecule has 0 aliphatic carbocycles. The normalized spacial score (nSPS) is 14.6. The van der Waals surface area contributed by atoms with E-state index in [0.29, 0.717) is 6.54 Å². The van der Waals surface area contributed by atoms with Crippen LogP contribution in [0.5, 0.6) is 11.5 Å². The Morgan fingerprint density at radius 2 is 1.71 bits per heavy atom. The SMILES string of the molecule is O=C(CN1CCN(c2nccs2)CC1)Nc1ccc(Oc2ccccc2)cc1. The maximum Gasteiger partial charge on any atom is 0.238 e. The highest BCUT2D eigenvalue weighted by Gasteiger charge is 2.20. The molecule has 1 N–H and O–H groups in total. The predicted octanol–water partition coefficient (Wildman–Crippen LogP) is 3.70. The van der Waals surface area contributed by atoms with Crippen molar-refractivity contribution in [2.24, 2.45) is 0 Å². The zero-order valence-electron chi connectivity index (χ0n) is 15.5. The molecule has 1 saturated heterocycles. The quantitative estimate of drug-likeness (QED) is 0.691. The maximum atomic E-state index is 12.4. The first-order valence-corrected chi connectivity index (χ1v) is 10.1. The van der Waals surface area contributed by atoms with Gasteiger partial charge in [0.05, 0.1) is 6.54 Å². The summed E-state index contributed by atoms with van der Waals surface area (Å²) in [5, 5.41) is 6.01. The summed E-state index contributed by atoms with van der Waals surface area (Å²) in [6, 6.07) is 17.1. The Balaban J connectivity index is 1.24. The van der Waals surface area contributed by atoms with Gasteiger partial charge in [0.15, 0.2) is 5.13 Å². The van der Waals surface area contributed by atoms with Crippen LogP contribution in [0.1, 0.15) is 0 Å². The van der Waals surface area contributed by atoms with Gasteiger partial charge in [-0.1, -0.05) is 18.2 Å². The summed E-state index contributed by atoms with van der Waals surface area (Å²) in [6.45, 7) is 3.90. The molecule has 4 rings (SSSR count). The Hall–Kier alpha value is -2.90. The smallest absolute Gasteiger partial charge is 0.238 e. The van der Waals surface area contributed by atoms with Crippen LogP contribution in [0, 0.1) is 0 Å². The Kier molecular flexibility index (Phi) is 5.84. The molecule has 1 aromatic heterocycles. The van der Waals surface area contributed by atoms with Gasteiger partial charge in [0.1, 0.15) is 11.5 Å². The number of hydrogen-bond acceptors (Lipinski definition) is 6. The number of carbonyl (C=O) groups excluding carboxylic acids is 1. The standard InChI is InChI=1S/C21H22N4O2S/c26-20(16-24-11-13-25(14-12-24)21-22-10-15-28-21)23-17-6-8-19(9-7-17)27-18-4-2-1-3-5-18/h1-10,15H,11-14,16H2,(H,23,26). The molecule has 3 aromatic rings. The highest BCUT2D eigenvalue weighted by Crippen LogP contribution is 2.23. The largest absolute Gasteiger partial charge is 0.457 e. The van der Waals surface area contributed by atoms with Crippen LogP contribution in [-0.4, -0.2) is 48.5 Å². The lowest BCUT2D eigenvalue weighted by molar-refractivity contribution is -0.117. The van der Waals surface area contributed by atoms with E-state index in [1.165, 1.54) is 0 Å². The van der Waals surface area contributed by atoms with Crippen molar-refractivity contribution >= 4 is 28.1 Å². The molecule has 1 amide bonds. The Morgan fingerprint density at radius 3 is 2.39 bits per heavy atom. The van der Waals surface area contributed by atoms with Crippen molar-refractivity contribution in [3.8, 4) is 11.5 Å². The molecular formula is C21H22N4O2S. The molecule has 0 unspecified atom stereocenters. The van der Waals surface area contributed by atoms with E-state index in [9.17, 15) is 4.79 Å². The van der Waals surface area contributed by atoms with E-state index in [-0.39, 0.29) is 5.91 Å². The van der Waals surface area contributed by atoms with E-state index in [1.807, 2.05) is 66.2 Å². The number of carbonyl (C=O) groups is 1. The van der Waals surface area contributed by atoms with Crippen molar-refractivity contribution in [3.05, 3.63) is 66.2 Å². The number of aromatic nitrogens is 1. The van der Waals surface area contributed by atoms with Crippen LogP contribution in [0.4, 0.5) is 10.8 Å². The van der Waals surface area contributed by atoms with Gasteiger partial charge < -0.3 is 15.0 Å². The van der Waals surface area contributed by atoms with Crippen molar-refractivity contribution in [2.45, 2.75) is 0 Å². The minimum absolute atomic E-state index is 0.000531. The predicted molar refractivity (Wildman–Crippen MR) is 112 cm³/mol. The van der Waals surface area contributed by atoms with Gasteiger partial charge >= 0.3 is 0 Å². The number of nitrogens with zero attached hydrogens (tertiary/aromatic N) is 3. The molecule has 1 fully saturated rings. The van der Waals surface area contributed by atoms with Gasteiger partial charge in [-0.25, -0.2) is 4.98 Å². The average molecular weight is 395 g/mol. The second-order valence-corrected chi connectivity index (χ2v) is 7.44. The summed E-state index contributed by atoms with van der Waals surface area (Å²) in [6.07, 6.45) is 1.83. The minimum Gasteiger partial charge on any atom is -0.457 e. The number of anilines is 2. The summed E-state index contributed by atoms with van der Waals surface area (Å²) in [7, 11) is 0. The third kappa shape index (κ3) is 4.88. The van der Waals surface area contributed by atoms with Gasteiger partial charge in [-0.15, -0.1) is 11.3 Å². The van der Waals surface area contributed by atoms with Gasteiger partial charge in [0, 0.05) is 43.4 Å². The molecule has 2 heterocycles. The highest BCUT2D eigenvalue weighted by molar-refractivity contribution is 7.13. The molecule has 0 saturated carbocycles. The fourth-order valence-corrected chi connectivity index (χ4v) is 3.80. The average Bonchev–Trinajstić information content (AvgIpc) is 3.26. The van der Waals surface area contributed by atoms with Gasteiger partial charge in [-0.2, -0.15) is 0 Å². The number of ether oxygens (including phenoxy) is 1. The van der Waals surface area contributed by atoms with E-state index in [2.05, 4.69) is 20.1 Å². The zero-order chi connectivity index (χ0) is 19.2. The van der Waals surface area contributed by atoms with Crippen molar-refractivity contribution in [2.75, 3.05) is 42.9 Å². The number of rotatable bonds is 6. The fraction of sp³-hybridized carbons (Fsp3) is 0.238. The lowest BCUT2D eigenvalue weighted by atomic mass is 10.3. The molecule has 28 heavy (non-hydrogen) atoms. The summed E-state index contributed by atoms with van der Waals surface area (Å²) < 4.78 is 5.77. The number of piperazine rings is 1. The molecule has 6 nitrogen and oxygen atoms in total. The second kappa shape index (κ2) is 8.86. The first-order chi connectivity index (χ1) is 13.8. The van der Waals surface area contributed by atoms with Crippen LogP contribution in [-0.2, 0) is 4.79 Å². The van der Waals surface area contributed by atoms with E-state index >= 15 is 0 Å². The Morgan fingerprint density at radius 1 is 1.00 bits per heavy atom. The number of thiazole rings is 1. The molecule has 1 aliphatic rings. The second-order valence-electron chi connectivity index (χ2n) is 6.57. The first-order valence-electron chi connectivity index (χ1n) is 9.26. The van der Waals surface area contributed by atoms with Gasteiger partial charge in [-0.3, -0.25) is 9.69 Å². The van der Waals surface area contributed by atoms with Crippen molar-refractivity contribution in [1.29, 1.82) is 0 Å². The lowest BCUT2D eigenvalue weighted by Crippen LogP contribution is -2.48. The van der Waals surface area contributed by atoms with Gasteiger partial charge in [0.2, 0.25) is 5.91 Å². The molecule has 0 spiro atoms. The van der Waals surface area contributed by atoms with Gasteiger partial charge in [0.25, 0.3) is 0 Å². The Bertz CT molecular complexity index is 877. The van der Waals surface area contributed by atoms with Crippen LogP contribution in [0.15, 0.2) is 66.2 Å². The number of hydrogen-bond donors (Lipinski definition) is 1. The topological polar surface area (TPSA) is 57.7 Å². The summed E-state index contributed by atoms with van der Waals surface area (Å²) in [5.41, 5.74) is 0.770. The number of amides is 1. The van der Waals surface area contributed by atoms with Crippen LogP contribution < -0.4 is 15.0 Å². The van der Waals surface area contributed by atoms with E-state index < -0.39 is 0 Å². The van der Waals surface area contributed by atoms with Crippen LogP contribution >= 0.6 is 11.3 Å². The highest BCUT2D eigenvalue weighted by atomic mass is 32.1. The first kappa shape index (κ1) is 18.5. The number of nitrogens with one attached hydrogen (secondary N) is 1. The van der Waals surface area contributed by atoms with E-state index in [4.69, 9.17) is 4.74 Å². The van der Waals surface area contributed by atoms with Crippen LogP contribution in [0.2, 0.25) is 0 Å². The third-order valence-electron chi connectivity index (χ3n) is 4.55. The minimum atomic E-state index is -0.000531.